The van der Waals surface area contributed by atoms with Crippen molar-refractivity contribution in [2.75, 3.05) is 0 Å². The van der Waals surface area contributed by atoms with Gasteiger partial charge in [-0.15, -0.1) is 0 Å². The molecule has 40 heteroatoms. The number of aliphatic hydroxyl groups is 4. The molecule has 0 aromatic heterocycles. The molecule has 0 fully saturated rings. The number of aliphatic hydroxyl groups excluding tert-OH is 4. The summed E-state index contributed by atoms with van der Waals surface area (Å²) in [6.07, 6.45) is 0. The van der Waals surface area contributed by atoms with Gasteiger partial charge in [0.1, 0.15) is 23.0 Å². The monoisotopic (exact) mass is 1170 g/mol. The van der Waals surface area contributed by atoms with Gasteiger partial charge in [0.05, 0.1) is 0 Å². The van der Waals surface area contributed by atoms with Gasteiger partial charge >= 0.3 is 179 Å². The first-order chi connectivity index (χ1) is 28.9. The van der Waals surface area contributed by atoms with E-state index in [4.69, 9.17) is 79.1 Å². The van der Waals surface area contributed by atoms with Gasteiger partial charge in [0.25, 0.3) is 22.3 Å². The minimum absolute atomic E-state index is 0. The number of hydrogen-bond acceptors (Lipinski definition) is 16. The topological polar surface area (TPSA) is 497 Å². The molecule has 0 saturated carbocycles. The average Bonchev–Trinajstić information content (AvgIpc) is 3.17. The summed E-state index contributed by atoms with van der Waals surface area (Å²) in [5, 5.41) is 35.9. The molecule has 0 aliphatic carbocycles. The first-order valence-corrected chi connectivity index (χ1v) is 29.5. The van der Waals surface area contributed by atoms with Crippen molar-refractivity contribution in [1.82, 2.24) is 0 Å². The van der Waals surface area contributed by atoms with Gasteiger partial charge in [0.2, 0.25) is 0 Å². The van der Waals surface area contributed by atoms with Crippen LogP contribution in [0.1, 0.15) is 0 Å². The summed E-state index contributed by atoms with van der Waals surface area (Å²) in [6, 6.07) is 29.0. The van der Waals surface area contributed by atoms with Gasteiger partial charge in [-0.3, -0.25) is 18.3 Å². The second-order valence-corrected chi connectivity index (χ2v) is 27.1. The van der Waals surface area contributed by atoms with E-state index in [9.17, 15) is 36.5 Å². The van der Waals surface area contributed by atoms with Crippen LogP contribution in [0.3, 0.4) is 0 Å². The Morgan fingerprint density at radius 3 is 0.485 bits per heavy atom. The normalized spacial score (nSPS) is 16.5. The minimum atomic E-state index is -5.10. The molecule has 68 heavy (non-hydrogen) atoms. The van der Waals surface area contributed by atoms with E-state index in [2.05, 4.69) is 18.1 Å². The first-order valence-electron chi connectivity index (χ1n) is 16.1. The zero-order chi connectivity index (χ0) is 49.6. The van der Waals surface area contributed by atoms with E-state index >= 15 is 0 Å². The van der Waals surface area contributed by atoms with Crippen molar-refractivity contribution in [3.8, 4) is 23.0 Å². The Morgan fingerprint density at radius 2 is 0.382 bits per heavy atom. The third-order valence-corrected chi connectivity index (χ3v) is 20.0. The van der Waals surface area contributed by atoms with Crippen molar-refractivity contribution >= 4 is 179 Å². The molecule has 0 radical (unpaired) electrons. The Bertz CT molecular complexity index is 2120. The van der Waals surface area contributed by atoms with Crippen molar-refractivity contribution < 1.29 is 134 Å². The fourth-order valence-corrected chi connectivity index (χ4v) is 12.2. The van der Waals surface area contributed by atoms with Crippen LogP contribution in [0.2, 0.25) is 0 Å². The van der Waals surface area contributed by atoms with Crippen molar-refractivity contribution in [3.63, 3.8) is 0 Å². The van der Waals surface area contributed by atoms with Gasteiger partial charge in [0, 0.05) is 0 Å². The van der Waals surface area contributed by atoms with Crippen LogP contribution in [0, 0.1) is 0 Å². The molecule has 0 amide bonds. The standard InChI is InChI=1S/4C7H10O7P2.4Na.4H/c4*8-7(15(9,10)11)16(12,13)14-6-4-2-1-3-5-6;;;;;;;;/h4*1-5,7-8H,(H,12,13)(H2,9,10,11);;;;;;;;. The molecule has 8 unspecified atom stereocenters. The summed E-state index contributed by atoms with van der Waals surface area (Å²) in [5.74, 6) is -0.275. The first kappa shape index (κ1) is 75.8. The molecule has 368 valence electrons. The fraction of sp³-hybridized carbons (Fsp3) is 0.143. The van der Waals surface area contributed by atoms with Crippen molar-refractivity contribution in [2.24, 2.45) is 0 Å². The molecule has 0 aliphatic rings. The molecule has 4 aromatic rings. The predicted octanol–water partition coefficient (Wildman–Crippen LogP) is 0.224. The Balaban J connectivity index is -0.000000394. The molecule has 0 bridgehead atoms. The summed E-state index contributed by atoms with van der Waals surface area (Å²) in [7, 11) is -39.7. The Kier molecular flexibility index (Phi) is 36.4. The molecule has 0 aliphatic heterocycles. The van der Waals surface area contributed by atoms with E-state index in [1.54, 1.807) is 24.3 Å². The van der Waals surface area contributed by atoms with Gasteiger partial charge < -0.3 is 97.2 Å². The van der Waals surface area contributed by atoms with Gasteiger partial charge in [-0.05, 0) is 48.5 Å². The van der Waals surface area contributed by atoms with Crippen molar-refractivity contribution in [1.29, 1.82) is 0 Å². The number of para-hydroxylation sites is 4. The van der Waals surface area contributed by atoms with Crippen LogP contribution >= 0.6 is 60.8 Å². The quantitative estimate of drug-likeness (QED) is 0.0527. The molecule has 4 aromatic carbocycles. The summed E-state index contributed by atoms with van der Waals surface area (Å²) >= 11 is 0. The van der Waals surface area contributed by atoms with Gasteiger partial charge in [-0.1, -0.05) is 72.8 Å². The van der Waals surface area contributed by atoms with Crippen LogP contribution in [0.4, 0.5) is 0 Å². The summed E-state index contributed by atoms with van der Waals surface area (Å²) in [5.41, 5.74) is -11.0. The fourth-order valence-electron chi connectivity index (χ4n) is 3.48. The summed E-state index contributed by atoms with van der Waals surface area (Å²) in [6.45, 7) is 0. The Hall–Kier alpha value is 1.28. The van der Waals surface area contributed by atoms with E-state index in [1.165, 1.54) is 97.1 Å². The third kappa shape index (κ3) is 28.8. The summed E-state index contributed by atoms with van der Waals surface area (Å²) < 4.78 is 106. The van der Waals surface area contributed by atoms with E-state index in [0.29, 0.717) is 0 Å². The molecule has 0 heterocycles. The van der Waals surface area contributed by atoms with E-state index < -0.39 is 83.1 Å². The number of benzene rings is 4. The van der Waals surface area contributed by atoms with Crippen molar-refractivity contribution in [2.45, 2.75) is 22.3 Å². The van der Waals surface area contributed by atoms with Crippen LogP contribution in [0.15, 0.2) is 121 Å². The molecule has 28 nitrogen and oxygen atoms in total. The molecular formula is C28H44Na4O28P8. The molecule has 4 rings (SSSR count). The maximum atomic E-state index is 11.3. The predicted molar refractivity (Wildman–Crippen MR) is 248 cm³/mol. The van der Waals surface area contributed by atoms with Crippen LogP contribution in [-0.4, -0.2) is 220 Å². The van der Waals surface area contributed by atoms with Crippen LogP contribution in [-0.2, 0) is 36.5 Å². The molecule has 8 atom stereocenters. The van der Waals surface area contributed by atoms with Crippen LogP contribution < -0.4 is 18.1 Å². The second kappa shape index (κ2) is 32.7. The Labute approximate surface area is 474 Å². The number of hydrogen-bond donors (Lipinski definition) is 16. The SMILES string of the molecule is O=P(O)(O)C(O)P(=O)(O)Oc1ccccc1.O=P(O)(O)C(O)P(=O)(O)Oc1ccccc1.O=P(O)(O)C(O)P(=O)(O)Oc1ccccc1.O=P(O)(O)C(O)P(=O)(O)Oc1ccccc1.[NaH].[NaH].[NaH].[NaH]. The number of rotatable bonds is 16. The molecule has 16 N–H and O–H groups in total. The van der Waals surface area contributed by atoms with Gasteiger partial charge in [-0.25, -0.2) is 18.3 Å². The zero-order valence-electron chi connectivity index (χ0n) is 31.5. The van der Waals surface area contributed by atoms with E-state index in [1.807, 2.05) is 0 Å². The van der Waals surface area contributed by atoms with Gasteiger partial charge in [-0.2, -0.15) is 0 Å². The maximum absolute atomic E-state index is 11.3. The molecule has 0 saturated heterocycles. The zero-order valence-corrected chi connectivity index (χ0v) is 38.6. The van der Waals surface area contributed by atoms with Crippen LogP contribution in [0.25, 0.3) is 0 Å². The second-order valence-electron chi connectivity index (χ2n) is 11.6. The van der Waals surface area contributed by atoms with Crippen LogP contribution in [0.5, 0.6) is 23.0 Å². The molecular weight excluding hydrogens is 1120 g/mol. The third-order valence-electron chi connectivity index (χ3n) is 6.29. The van der Waals surface area contributed by atoms with E-state index in [-0.39, 0.29) is 141 Å². The van der Waals surface area contributed by atoms with Crippen molar-refractivity contribution in [3.05, 3.63) is 121 Å². The average molecular weight is 1170 g/mol. The van der Waals surface area contributed by atoms with E-state index in [0.717, 1.165) is 0 Å². The van der Waals surface area contributed by atoms with Gasteiger partial charge in [0.15, 0.2) is 0 Å². The summed E-state index contributed by atoms with van der Waals surface area (Å²) in [4.78, 5) is 105. The Morgan fingerprint density at radius 1 is 0.265 bits per heavy atom. The molecule has 0 spiro atoms.